The van der Waals surface area contributed by atoms with E-state index in [9.17, 15) is 18.0 Å². The summed E-state index contributed by atoms with van der Waals surface area (Å²) in [7, 11) is 0. The highest BCUT2D eigenvalue weighted by atomic mass is 79.9. The maximum atomic E-state index is 14.0. The van der Waals surface area contributed by atoms with Gasteiger partial charge in [0.2, 0.25) is 6.61 Å². The summed E-state index contributed by atoms with van der Waals surface area (Å²) in [5.74, 6) is -1.44. The number of nitrogens with one attached hydrogen (secondary N) is 2. The lowest BCUT2D eigenvalue weighted by molar-refractivity contribution is -0.142. The third-order valence-electron chi connectivity index (χ3n) is 4.46. The van der Waals surface area contributed by atoms with E-state index < -0.39 is 24.5 Å². The molecule has 32 heavy (non-hydrogen) atoms. The molecule has 0 aliphatic heterocycles. The molecule has 2 aromatic heterocycles. The van der Waals surface area contributed by atoms with Crippen molar-refractivity contribution < 1.29 is 27.9 Å². The average molecular weight is 532 g/mol. The maximum Gasteiger partial charge on any atom is 0.437 e. The van der Waals surface area contributed by atoms with Gasteiger partial charge in [-0.2, -0.15) is 13.2 Å². The Morgan fingerprint density at radius 3 is 2.56 bits per heavy atom. The molecule has 0 atom stereocenters. The van der Waals surface area contributed by atoms with Crippen LogP contribution in [0.1, 0.15) is 5.56 Å². The van der Waals surface area contributed by atoms with Crippen LogP contribution in [0.2, 0.25) is 5.02 Å². The van der Waals surface area contributed by atoms with E-state index >= 15 is 0 Å². The van der Waals surface area contributed by atoms with E-state index in [1.165, 1.54) is 6.07 Å². The minimum atomic E-state index is -4.91. The summed E-state index contributed by atoms with van der Waals surface area (Å²) in [4.78, 5) is 21.2. The lowest BCUT2D eigenvalue weighted by Crippen LogP contribution is -2.25. The van der Waals surface area contributed by atoms with Gasteiger partial charge in [0.25, 0.3) is 0 Å². The minimum Gasteiger partial charge on any atom is -0.479 e. The number of alkyl halides is 3. The van der Waals surface area contributed by atoms with Gasteiger partial charge in [-0.15, -0.1) is 0 Å². The third kappa shape index (κ3) is 4.59. The van der Waals surface area contributed by atoms with Gasteiger partial charge in [-0.25, -0.2) is 4.79 Å². The Labute approximate surface area is 191 Å². The monoisotopic (exact) mass is 530 g/mol. The molecule has 0 aliphatic carbocycles. The Balaban J connectivity index is 0.00000289. The number of nitrogens with zero attached hydrogens (tertiary/aromatic N) is 1. The van der Waals surface area contributed by atoms with Crippen molar-refractivity contribution in [3.05, 3.63) is 57.5 Å². The molecule has 2 heterocycles. The first kappa shape index (κ1) is 23.6. The van der Waals surface area contributed by atoms with Crippen LogP contribution >= 0.6 is 27.5 Å². The van der Waals surface area contributed by atoms with Crippen molar-refractivity contribution in [3.8, 4) is 11.4 Å². The number of hydrogen-bond acceptors (Lipinski definition) is 4. The number of aliphatic carboxylic acids is 1. The van der Waals surface area contributed by atoms with Gasteiger partial charge in [0.15, 0.2) is 5.71 Å². The highest BCUT2D eigenvalue weighted by Crippen LogP contribution is 2.37. The Bertz CT molecular complexity index is 1350. The molecule has 4 rings (SSSR count). The fourth-order valence-corrected chi connectivity index (χ4v) is 3.79. The molecule has 0 bridgehead atoms. The van der Waals surface area contributed by atoms with Crippen molar-refractivity contribution in [2.75, 3.05) is 6.61 Å². The first-order valence-corrected chi connectivity index (χ1v) is 9.90. The quantitative estimate of drug-likeness (QED) is 0.179. The van der Waals surface area contributed by atoms with Gasteiger partial charge in [0.05, 0.1) is 11.4 Å². The highest BCUT2D eigenvalue weighted by molar-refractivity contribution is 9.10. The van der Waals surface area contributed by atoms with E-state index in [0.29, 0.717) is 31.6 Å². The number of aromatic nitrogens is 2. The van der Waals surface area contributed by atoms with E-state index in [1.54, 1.807) is 36.4 Å². The molecule has 0 saturated carbocycles. The van der Waals surface area contributed by atoms with E-state index in [4.69, 9.17) is 16.7 Å². The molecule has 4 aromatic rings. The fourth-order valence-electron chi connectivity index (χ4n) is 3.25. The number of rotatable bonds is 5. The van der Waals surface area contributed by atoms with Crippen molar-refractivity contribution >= 4 is 61.0 Å². The Kier molecular flexibility index (Phi) is 6.54. The largest absolute Gasteiger partial charge is 0.479 e. The Morgan fingerprint density at radius 2 is 1.88 bits per heavy atom. The molecular weight excluding hydrogens is 517 g/mol. The minimum absolute atomic E-state index is 0. The van der Waals surface area contributed by atoms with Crippen LogP contribution in [-0.2, 0) is 9.63 Å². The highest BCUT2D eigenvalue weighted by Gasteiger charge is 2.41. The summed E-state index contributed by atoms with van der Waals surface area (Å²) in [6, 6.07) is 11.5. The van der Waals surface area contributed by atoms with Gasteiger partial charge in [-0.05, 0) is 36.4 Å². The molecule has 0 saturated heterocycles. The van der Waals surface area contributed by atoms with Crippen LogP contribution in [0.3, 0.4) is 0 Å². The number of carboxylic acids is 1. The van der Waals surface area contributed by atoms with Crippen LogP contribution < -0.4 is 6.15 Å². The van der Waals surface area contributed by atoms with Crippen LogP contribution in [-0.4, -0.2) is 39.5 Å². The van der Waals surface area contributed by atoms with Crippen LogP contribution in [0.4, 0.5) is 13.2 Å². The average Bonchev–Trinajstić information content (AvgIpc) is 3.24. The molecular formula is C20H15BrClF3N4O3. The van der Waals surface area contributed by atoms with Gasteiger partial charge in [0.1, 0.15) is 0 Å². The molecule has 0 amide bonds. The Morgan fingerprint density at radius 1 is 1.12 bits per heavy atom. The summed E-state index contributed by atoms with van der Waals surface area (Å²) >= 11 is 9.33. The summed E-state index contributed by atoms with van der Waals surface area (Å²) in [6.45, 7) is -1.01. The molecule has 0 radical (unpaired) electrons. The molecule has 12 heteroatoms. The van der Waals surface area contributed by atoms with Crippen molar-refractivity contribution in [2.45, 2.75) is 6.18 Å². The van der Waals surface area contributed by atoms with Crippen LogP contribution in [0.5, 0.6) is 0 Å². The number of carbonyl (C=O) groups is 1. The van der Waals surface area contributed by atoms with Crippen LogP contribution in [0.25, 0.3) is 33.2 Å². The van der Waals surface area contributed by atoms with Crippen molar-refractivity contribution in [1.29, 1.82) is 0 Å². The van der Waals surface area contributed by atoms with Gasteiger partial charge in [0, 0.05) is 36.9 Å². The zero-order valence-electron chi connectivity index (χ0n) is 16.1. The van der Waals surface area contributed by atoms with Crippen LogP contribution in [0.15, 0.2) is 52.1 Å². The van der Waals surface area contributed by atoms with Gasteiger partial charge < -0.3 is 26.1 Å². The summed E-state index contributed by atoms with van der Waals surface area (Å²) in [5, 5.41) is 13.3. The van der Waals surface area contributed by atoms with Gasteiger partial charge >= 0.3 is 12.1 Å². The topological polar surface area (TPSA) is 125 Å². The Hall–Kier alpha value is -3.02. The second-order valence-corrected chi connectivity index (χ2v) is 7.94. The van der Waals surface area contributed by atoms with Crippen molar-refractivity contribution in [2.24, 2.45) is 5.16 Å². The smallest absolute Gasteiger partial charge is 0.437 e. The van der Waals surface area contributed by atoms with E-state index in [0.717, 1.165) is 0 Å². The lowest BCUT2D eigenvalue weighted by atomic mass is 10.0. The number of carboxylic acid groups (broad SMARTS) is 1. The second-order valence-electron chi connectivity index (χ2n) is 6.58. The fraction of sp³-hybridized carbons (Fsp3) is 0.100. The molecule has 0 spiro atoms. The molecule has 168 valence electrons. The summed E-state index contributed by atoms with van der Waals surface area (Å²) in [6.07, 6.45) is -4.91. The van der Waals surface area contributed by atoms with E-state index in [-0.39, 0.29) is 22.8 Å². The third-order valence-corrected chi connectivity index (χ3v) is 5.19. The molecule has 7 nitrogen and oxygen atoms in total. The molecule has 6 N–H and O–H groups in total. The number of aromatic amines is 2. The standard InChI is InChI=1S/C20H12BrClF3N3O3.H3N/c21-10-1-3-12-14(7-10)27-18(15-6-9-5-11(22)2-4-13(9)26-15)17(12)19(20(23,24)25)28-31-8-16(29)30;/h1-7,26-27H,8H2,(H,29,30);1H3/b28-19+;. The number of oxime groups is 1. The van der Waals surface area contributed by atoms with Crippen molar-refractivity contribution in [1.82, 2.24) is 16.1 Å². The number of fused-ring (bicyclic) bond motifs is 2. The summed E-state index contributed by atoms with van der Waals surface area (Å²) < 4.78 is 42.5. The van der Waals surface area contributed by atoms with E-state index in [2.05, 4.69) is 35.9 Å². The van der Waals surface area contributed by atoms with Crippen molar-refractivity contribution in [3.63, 3.8) is 0 Å². The predicted molar refractivity (Wildman–Crippen MR) is 120 cm³/mol. The lowest BCUT2D eigenvalue weighted by Gasteiger charge is -2.11. The zero-order chi connectivity index (χ0) is 22.3. The molecule has 2 aromatic carbocycles. The predicted octanol–water partition coefficient (Wildman–Crippen LogP) is 6.26. The molecule has 0 fully saturated rings. The van der Waals surface area contributed by atoms with Gasteiger partial charge in [-0.3, -0.25) is 0 Å². The number of hydrogen-bond donors (Lipinski definition) is 4. The normalized spacial score (nSPS) is 12.2. The SMILES string of the molecule is N.O=C(O)CO/N=C(\c1c(-c2cc3cc(Cl)ccc3[nH]2)[nH]c2cc(Br)ccc12)C(F)(F)F. The van der Waals surface area contributed by atoms with E-state index in [1.807, 2.05) is 0 Å². The maximum absolute atomic E-state index is 14.0. The van der Waals surface area contributed by atoms with Gasteiger partial charge in [-0.1, -0.05) is 38.8 Å². The zero-order valence-corrected chi connectivity index (χ0v) is 18.4. The molecule has 0 unspecified atom stereocenters. The number of benzene rings is 2. The summed E-state index contributed by atoms with van der Waals surface area (Å²) in [5.41, 5.74) is -0.0266. The molecule has 0 aliphatic rings. The second kappa shape index (κ2) is 8.85. The number of halogens is 5. The first-order chi connectivity index (χ1) is 14.6. The first-order valence-electron chi connectivity index (χ1n) is 8.72. The van der Waals surface area contributed by atoms with Crippen LogP contribution in [0, 0.1) is 0 Å². The number of H-pyrrole nitrogens is 2.